The first-order chi connectivity index (χ1) is 14.1. The van der Waals surface area contributed by atoms with Crippen molar-refractivity contribution in [2.24, 2.45) is 0 Å². The van der Waals surface area contributed by atoms with E-state index in [1.54, 1.807) is 38.3 Å². The van der Waals surface area contributed by atoms with Crippen LogP contribution in [0.5, 0.6) is 5.75 Å². The van der Waals surface area contributed by atoms with E-state index >= 15 is 0 Å². The first kappa shape index (κ1) is 23.5. The van der Waals surface area contributed by atoms with Crippen molar-refractivity contribution in [2.75, 3.05) is 13.7 Å². The minimum absolute atomic E-state index is 0.156. The summed E-state index contributed by atoms with van der Waals surface area (Å²) in [7, 11) is 1.54. The highest BCUT2D eigenvalue weighted by molar-refractivity contribution is 5.90. The molecule has 3 atom stereocenters. The number of hydrogen-bond donors (Lipinski definition) is 1. The lowest BCUT2D eigenvalue weighted by atomic mass is 10.1. The van der Waals surface area contributed by atoms with Crippen LogP contribution in [-0.4, -0.2) is 59.6 Å². The summed E-state index contributed by atoms with van der Waals surface area (Å²) in [6.45, 7) is 6.76. The third-order valence-electron chi connectivity index (χ3n) is 4.84. The average molecular weight is 423 g/mol. The Morgan fingerprint density at radius 3 is 2.40 bits per heavy atom. The monoisotopic (exact) mass is 423 g/mol. The van der Waals surface area contributed by atoms with Gasteiger partial charge in [0.05, 0.1) is 13.7 Å². The van der Waals surface area contributed by atoms with Crippen LogP contribution in [0.2, 0.25) is 0 Å². The second-order valence-corrected chi connectivity index (χ2v) is 7.46. The topological polar surface area (TPSA) is 112 Å². The number of carboxylic acid groups (broad SMARTS) is 1. The van der Waals surface area contributed by atoms with Crippen molar-refractivity contribution in [3.8, 4) is 5.75 Å². The van der Waals surface area contributed by atoms with Crippen LogP contribution >= 0.6 is 0 Å². The second-order valence-electron chi connectivity index (χ2n) is 7.46. The van der Waals surface area contributed by atoms with Crippen LogP contribution in [0.1, 0.15) is 52.2 Å². The largest absolute Gasteiger partial charge is 0.497 e. The summed E-state index contributed by atoms with van der Waals surface area (Å²) in [6, 6.07) is 5.43. The number of aliphatic carboxylic acids is 1. The van der Waals surface area contributed by atoms with Crippen molar-refractivity contribution in [1.82, 2.24) is 4.90 Å². The minimum atomic E-state index is -1.57. The normalized spacial score (nSPS) is 21.0. The Morgan fingerprint density at radius 1 is 1.23 bits per heavy atom. The molecule has 2 rings (SSSR count). The average Bonchev–Trinajstić information content (AvgIpc) is 2.99. The van der Waals surface area contributed by atoms with Gasteiger partial charge in [-0.05, 0) is 44.9 Å². The molecule has 1 aromatic rings. The predicted molar refractivity (Wildman–Crippen MR) is 106 cm³/mol. The van der Waals surface area contributed by atoms with E-state index in [4.69, 9.17) is 18.9 Å². The Labute approximate surface area is 175 Å². The van der Waals surface area contributed by atoms with Crippen molar-refractivity contribution < 1.29 is 38.4 Å². The second kappa shape index (κ2) is 9.80. The number of methoxy groups -OCH3 is 1. The fourth-order valence-corrected chi connectivity index (χ4v) is 3.21. The van der Waals surface area contributed by atoms with Crippen molar-refractivity contribution in [3.63, 3.8) is 0 Å². The summed E-state index contributed by atoms with van der Waals surface area (Å²) in [5, 5.41) is 9.56. The number of benzene rings is 1. The molecule has 0 spiro atoms. The number of amides is 1. The standard InChI is InChI=1S/C21H29NO8/c1-6-7-12-28-20(26)22-16(17(18(23)24)30-21(22,3)4)19(25)29-13(2)14-8-10-15(27-5)11-9-14/h8-11,13,16-17H,6-7,12H2,1-5H3,(H,23,24). The van der Waals surface area contributed by atoms with Crippen molar-refractivity contribution in [1.29, 1.82) is 0 Å². The van der Waals surface area contributed by atoms with Gasteiger partial charge in [0.1, 0.15) is 17.6 Å². The zero-order valence-electron chi connectivity index (χ0n) is 17.9. The van der Waals surface area contributed by atoms with E-state index in [0.717, 1.165) is 11.3 Å². The molecule has 1 N–H and O–H groups in total. The van der Waals surface area contributed by atoms with Gasteiger partial charge in [0, 0.05) is 0 Å². The van der Waals surface area contributed by atoms with Crippen molar-refractivity contribution in [3.05, 3.63) is 29.8 Å². The van der Waals surface area contributed by atoms with E-state index in [9.17, 15) is 19.5 Å². The Morgan fingerprint density at radius 2 is 1.87 bits per heavy atom. The molecule has 9 heteroatoms. The zero-order chi connectivity index (χ0) is 22.5. The van der Waals surface area contributed by atoms with E-state index in [2.05, 4.69) is 0 Å². The van der Waals surface area contributed by atoms with Gasteiger partial charge in [-0.1, -0.05) is 25.5 Å². The Balaban J connectivity index is 2.23. The molecule has 0 aromatic heterocycles. The van der Waals surface area contributed by atoms with Crippen molar-refractivity contribution in [2.45, 2.75) is 64.5 Å². The summed E-state index contributed by atoms with van der Waals surface area (Å²) < 4.78 is 21.3. The summed E-state index contributed by atoms with van der Waals surface area (Å²) in [4.78, 5) is 38.4. The zero-order valence-corrected chi connectivity index (χ0v) is 17.9. The summed E-state index contributed by atoms with van der Waals surface area (Å²) >= 11 is 0. The fourth-order valence-electron chi connectivity index (χ4n) is 3.21. The molecule has 30 heavy (non-hydrogen) atoms. The van der Waals surface area contributed by atoms with Gasteiger partial charge in [-0.3, -0.25) is 4.90 Å². The highest BCUT2D eigenvalue weighted by atomic mass is 16.6. The molecule has 1 amide bonds. The highest BCUT2D eigenvalue weighted by Gasteiger charge is 2.57. The van der Waals surface area contributed by atoms with E-state index < -0.39 is 42.0 Å². The number of hydrogen-bond acceptors (Lipinski definition) is 7. The third-order valence-corrected chi connectivity index (χ3v) is 4.84. The molecule has 1 saturated heterocycles. The molecule has 0 bridgehead atoms. The first-order valence-corrected chi connectivity index (χ1v) is 9.83. The maximum absolute atomic E-state index is 13.0. The molecule has 1 aliphatic heterocycles. The Kier molecular flexibility index (Phi) is 7.66. The molecule has 1 aromatic carbocycles. The van der Waals surface area contributed by atoms with E-state index in [-0.39, 0.29) is 6.61 Å². The molecule has 0 aliphatic carbocycles. The van der Waals surface area contributed by atoms with Crippen LogP contribution in [0.3, 0.4) is 0 Å². The maximum atomic E-state index is 13.0. The summed E-state index contributed by atoms with van der Waals surface area (Å²) in [5.41, 5.74) is -0.675. The fraction of sp³-hybridized carbons (Fsp3) is 0.571. The number of ether oxygens (including phenoxy) is 4. The predicted octanol–water partition coefficient (Wildman–Crippen LogP) is 3.13. The summed E-state index contributed by atoms with van der Waals surface area (Å²) in [5.74, 6) is -1.61. The molecular weight excluding hydrogens is 394 g/mol. The van der Waals surface area contributed by atoms with E-state index in [1.165, 1.54) is 13.8 Å². The van der Waals surface area contributed by atoms with Crippen LogP contribution < -0.4 is 4.74 Å². The molecule has 0 radical (unpaired) electrons. The van der Waals surface area contributed by atoms with Crippen LogP contribution in [-0.2, 0) is 23.8 Å². The van der Waals surface area contributed by atoms with E-state index in [0.29, 0.717) is 17.7 Å². The van der Waals surface area contributed by atoms with Gasteiger partial charge in [0.25, 0.3) is 0 Å². The SMILES string of the molecule is CCCCOC(=O)N1C(C(=O)OC(C)c2ccc(OC)cc2)C(C(=O)O)OC1(C)C. The lowest BCUT2D eigenvalue weighted by molar-refractivity contribution is -0.161. The number of nitrogens with zero attached hydrogens (tertiary/aromatic N) is 1. The van der Waals surface area contributed by atoms with Crippen LogP contribution in [0.15, 0.2) is 24.3 Å². The van der Waals surface area contributed by atoms with Gasteiger partial charge >= 0.3 is 18.0 Å². The lowest BCUT2D eigenvalue weighted by Gasteiger charge is -2.32. The maximum Gasteiger partial charge on any atom is 0.412 e. The van der Waals surface area contributed by atoms with Gasteiger partial charge in [0.2, 0.25) is 0 Å². The number of unbranched alkanes of at least 4 members (excludes halogenated alkanes) is 1. The molecule has 166 valence electrons. The number of carbonyl (C=O) groups excluding carboxylic acids is 2. The van der Waals surface area contributed by atoms with Crippen molar-refractivity contribution >= 4 is 18.0 Å². The Bertz CT molecular complexity index is 761. The van der Waals surface area contributed by atoms with Crippen LogP contribution in [0.4, 0.5) is 4.79 Å². The number of rotatable bonds is 8. The quantitative estimate of drug-likeness (QED) is 0.501. The van der Waals surface area contributed by atoms with Crippen LogP contribution in [0, 0.1) is 0 Å². The molecule has 0 saturated carbocycles. The van der Waals surface area contributed by atoms with Crippen LogP contribution in [0.25, 0.3) is 0 Å². The van der Waals surface area contributed by atoms with Gasteiger partial charge in [-0.25, -0.2) is 14.4 Å². The third kappa shape index (κ3) is 5.21. The molecule has 1 aliphatic rings. The first-order valence-electron chi connectivity index (χ1n) is 9.83. The minimum Gasteiger partial charge on any atom is -0.497 e. The highest BCUT2D eigenvalue weighted by Crippen LogP contribution is 2.35. The van der Waals surface area contributed by atoms with Gasteiger partial charge in [-0.15, -0.1) is 0 Å². The molecule has 1 fully saturated rings. The lowest BCUT2D eigenvalue weighted by Crippen LogP contribution is -2.53. The van der Waals surface area contributed by atoms with E-state index in [1.807, 2.05) is 6.92 Å². The number of carbonyl (C=O) groups is 3. The molecule has 9 nitrogen and oxygen atoms in total. The summed E-state index contributed by atoms with van der Waals surface area (Å²) in [6.07, 6.45) is -1.62. The molecule has 3 unspecified atom stereocenters. The van der Waals surface area contributed by atoms with Gasteiger partial charge in [-0.2, -0.15) is 0 Å². The Hall–Kier alpha value is -2.81. The molecular formula is C21H29NO8. The number of esters is 1. The van der Waals surface area contributed by atoms with Gasteiger partial charge in [0.15, 0.2) is 12.1 Å². The molecule has 1 heterocycles. The van der Waals surface area contributed by atoms with Gasteiger partial charge < -0.3 is 24.1 Å². The smallest absolute Gasteiger partial charge is 0.412 e. The number of carboxylic acids is 1.